The Morgan fingerprint density at radius 2 is 2.00 bits per heavy atom. The van der Waals surface area contributed by atoms with Gasteiger partial charge in [0.15, 0.2) is 0 Å². The van der Waals surface area contributed by atoms with Crippen molar-refractivity contribution in [3.8, 4) is 0 Å². The number of alkyl halides is 1. The summed E-state index contributed by atoms with van der Waals surface area (Å²) in [5.41, 5.74) is 0. The molecule has 0 aromatic heterocycles. The molecule has 0 radical (unpaired) electrons. The van der Waals surface area contributed by atoms with E-state index in [2.05, 4.69) is 41.7 Å². The molecule has 0 spiro atoms. The molecule has 0 atom stereocenters. The standard InChI is InChI=1S/C11H22BrN/c1-9(2)4-5-13(3)8-10-6-11(12)7-10/h9-11H,4-8H2,1-3H3. The first-order valence-corrected chi connectivity index (χ1v) is 6.32. The molecule has 2 heteroatoms. The SMILES string of the molecule is CC(C)CCN(C)CC1CC(Br)C1. The zero-order valence-electron chi connectivity index (χ0n) is 9.09. The maximum Gasteiger partial charge on any atom is 0.0152 e. The van der Waals surface area contributed by atoms with Gasteiger partial charge in [-0.1, -0.05) is 29.8 Å². The second-order valence-electron chi connectivity index (χ2n) is 4.88. The first kappa shape index (κ1) is 11.5. The van der Waals surface area contributed by atoms with Crippen molar-refractivity contribution in [2.45, 2.75) is 37.9 Å². The van der Waals surface area contributed by atoms with Crippen LogP contribution in [0.3, 0.4) is 0 Å². The highest BCUT2D eigenvalue weighted by molar-refractivity contribution is 9.09. The number of rotatable bonds is 5. The zero-order chi connectivity index (χ0) is 9.84. The lowest BCUT2D eigenvalue weighted by Gasteiger charge is -2.34. The van der Waals surface area contributed by atoms with Crippen LogP contribution in [-0.2, 0) is 0 Å². The van der Waals surface area contributed by atoms with E-state index < -0.39 is 0 Å². The number of hydrogen-bond donors (Lipinski definition) is 0. The number of hydrogen-bond acceptors (Lipinski definition) is 1. The highest BCUT2D eigenvalue weighted by atomic mass is 79.9. The monoisotopic (exact) mass is 247 g/mol. The predicted molar refractivity (Wildman–Crippen MR) is 62.4 cm³/mol. The summed E-state index contributed by atoms with van der Waals surface area (Å²) >= 11 is 3.63. The van der Waals surface area contributed by atoms with E-state index in [0.717, 1.165) is 16.7 Å². The molecule has 78 valence electrons. The highest BCUT2D eigenvalue weighted by Crippen LogP contribution is 2.33. The normalized spacial score (nSPS) is 28.2. The van der Waals surface area contributed by atoms with Gasteiger partial charge >= 0.3 is 0 Å². The Balaban J connectivity index is 2.01. The van der Waals surface area contributed by atoms with Gasteiger partial charge in [-0.3, -0.25) is 0 Å². The van der Waals surface area contributed by atoms with E-state index in [-0.39, 0.29) is 0 Å². The van der Waals surface area contributed by atoms with Gasteiger partial charge < -0.3 is 4.90 Å². The summed E-state index contributed by atoms with van der Waals surface area (Å²) in [6, 6.07) is 0. The first-order valence-electron chi connectivity index (χ1n) is 5.40. The molecule has 1 rings (SSSR count). The van der Waals surface area contributed by atoms with Gasteiger partial charge in [-0.2, -0.15) is 0 Å². The highest BCUT2D eigenvalue weighted by Gasteiger charge is 2.27. The van der Waals surface area contributed by atoms with Gasteiger partial charge in [0.1, 0.15) is 0 Å². The molecule has 13 heavy (non-hydrogen) atoms. The van der Waals surface area contributed by atoms with Crippen LogP contribution in [-0.4, -0.2) is 29.9 Å². The summed E-state index contributed by atoms with van der Waals surface area (Å²) in [7, 11) is 2.25. The lowest BCUT2D eigenvalue weighted by molar-refractivity contribution is 0.206. The smallest absolute Gasteiger partial charge is 0.0152 e. The Bertz CT molecular complexity index is 141. The largest absolute Gasteiger partial charge is 0.306 e. The Kier molecular flexibility index (Phi) is 4.74. The van der Waals surface area contributed by atoms with Crippen LogP contribution in [0.4, 0.5) is 0 Å². The maximum atomic E-state index is 3.63. The van der Waals surface area contributed by atoms with Crippen molar-refractivity contribution in [2.24, 2.45) is 11.8 Å². The summed E-state index contributed by atoms with van der Waals surface area (Å²) in [5.74, 6) is 1.80. The maximum absolute atomic E-state index is 3.63. The molecule has 0 aromatic carbocycles. The topological polar surface area (TPSA) is 3.24 Å². The van der Waals surface area contributed by atoms with Gasteiger partial charge in [0.25, 0.3) is 0 Å². The fourth-order valence-electron chi connectivity index (χ4n) is 1.81. The molecule has 1 saturated carbocycles. The molecule has 0 heterocycles. The van der Waals surface area contributed by atoms with Gasteiger partial charge in [0.2, 0.25) is 0 Å². The lowest BCUT2D eigenvalue weighted by Crippen LogP contribution is -2.35. The average molecular weight is 248 g/mol. The van der Waals surface area contributed by atoms with E-state index in [4.69, 9.17) is 0 Å². The fourth-order valence-corrected chi connectivity index (χ4v) is 2.87. The van der Waals surface area contributed by atoms with Gasteiger partial charge in [-0.05, 0) is 44.7 Å². The first-order chi connectivity index (χ1) is 6.08. The molecule has 0 amide bonds. The second-order valence-corrected chi connectivity index (χ2v) is 6.17. The van der Waals surface area contributed by atoms with E-state index >= 15 is 0 Å². The Morgan fingerprint density at radius 3 is 2.46 bits per heavy atom. The fraction of sp³-hybridized carbons (Fsp3) is 1.00. The molecule has 0 bridgehead atoms. The average Bonchev–Trinajstić information content (AvgIpc) is 1.98. The zero-order valence-corrected chi connectivity index (χ0v) is 10.7. The van der Waals surface area contributed by atoms with Crippen LogP contribution < -0.4 is 0 Å². The van der Waals surface area contributed by atoms with Crippen LogP contribution in [0.2, 0.25) is 0 Å². The molecular weight excluding hydrogens is 226 g/mol. The van der Waals surface area contributed by atoms with Crippen molar-refractivity contribution in [3.63, 3.8) is 0 Å². The van der Waals surface area contributed by atoms with Gasteiger partial charge in [-0.15, -0.1) is 0 Å². The third-order valence-electron chi connectivity index (χ3n) is 2.84. The number of halogens is 1. The minimum atomic E-state index is 0.816. The van der Waals surface area contributed by atoms with Crippen LogP contribution in [0, 0.1) is 11.8 Å². The van der Waals surface area contributed by atoms with Crippen LogP contribution in [0.15, 0.2) is 0 Å². The van der Waals surface area contributed by atoms with Crippen LogP contribution in [0.5, 0.6) is 0 Å². The van der Waals surface area contributed by atoms with Crippen LogP contribution in [0.1, 0.15) is 33.1 Å². The number of nitrogens with zero attached hydrogens (tertiary/aromatic N) is 1. The summed E-state index contributed by atoms with van der Waals surface area (Å²) in [6.45, 7) is 7.16. The Hall–Kier alpha value is 0.440. The van der Waals surface area contributed by atoms with Gasteiger partial charge in [0.05, 0.1) is 0 Å². The minimum absolute atomic E-state index is 0.816. The second kappa shape index (κ2) is 5.35. The molecule has 0 saturated heterocycles. The van der Waals surface area contributed by atoms with Crippen molar-refractivity contribution >= 4 is 15.9 Å². The molecule has 1 aliphatic rings. The van der Waals surface area contributed by atoms with Crippen LogP contribution >= 0.6 is 15.9 Å². The molecule has 1 nitrogen and oxygen atoms in total. The Labute approximate surface area is 91.0 Å². The quantitative estimate of drug-likeness (QED) is 0.675. The third kappa shape index (κ3) is 4.46. The van der Waals surface area contributed by atoms with Gasteiger partial charge in [-0.25, -0.2) is 0 Å². The van der Waals surface area contributed by atoms with E-state index in [1.54, 1.807) is 0 Å². The predicted octanol–water partition coefficient (Wildman–Crippen LogP) is 3.14. The van der Waals surface area contributed by atoms with Crippen molar-refractivity contribution in [2.75, 3.05) is 20.1 Å². The van der Waals surface area contributed by atoms with E-state index in [0.29, 0.717) is 0 Å². The molecule has 0 unspecified atom stereocenters. The van der Waals surface area contributed by atoms with E-state index in [1.165, 1.54) is 32.4 Å². The van der Waals surface area contributed by atoms with E-state index in [9.17, 15) is 0 Å². The summed E-state index contributed by atoms with van der Waals surface area (Å²) < 4.78 is 0. The molecule has 0 aromatic rings. The minimum Gasteiger partial charge on any atom is -0.306 e. The third-order valence-corrected chi connectivity index (χ3v) is 3.58. The molecule has 0 aliphatic heterocycles. The van der Waals surface area contributed by atoms with Crippen molar-refractivity contribution < 1.29 is 0 Å². The lowest BCUT2D eigenvalue weighted by atomic mass is 9.85. The van der Waals surface area contributed by atoms with Gasteiger partial charge in [0, 0.05) is 11.4 Å². The van der Waals surface area contributed by atoms with E-state index in [1.807, 2.05) is 0 Å². The summed E-state index contributed by atoms with van der Waals surface area (Å²) in [4.78, 5) is 3.31. The Morgan fingerprint density at radius 1 is 1.38 bits per heavy atom. The summed E-state index contributed by atoms with van der Waals surface area (Å²) in [5, 5.41) is 0. The van der Waals surface area contributed by atoms with Crippen molar-refractivity contribution in [1.29, 1.82) is 0 Å². The van der Waals surface area contributed by atoms with Crippen molar-refractivity contribution in [1.82, 2.24) is 4.90 Å². The molecule has 0 N–H and O–H groups in total. The van der Waals surface area contributed by atoms with Crippen molar-refractivity contribution in [3.05, 3.63) is 0 Å². The van der Waals surface area contributed by atoms with Crippen LogP contribution in [0.25, 0.3) is 0 Å². The molecule has 1 fully saturated rings. The summed E-state index contributed by atoms with van der Waals surface area (Å²) in [6.07, 6.45) is 4.10. The molecule has 1 aliphatic carbocycles. The molecular formula is C11H22BrN.